The Kier molecular flexibility index (Phi) is 6.81. The molecule has 0 aromatic carbocycles. The van der Waals surface area contributed by atoms with E-state index in [2.05, 4.69) is 10.3 Å². The van der Waals surface area contributed by atoms with Crippen molar-refractivity contribution < 1.29 is 14.3 Å². The lowest BCUT2D eigenvalue weighted by atomic mass is 10.2. The summed E-state index contributed by atoms with van der Waals surface area (Å²) in [6, 6.07) is 3.53. The van der Waals surface area contributed by atoms with Crippen molar-refractivity contribution in [1.29, 1.82) is 0 Å². The zero-order valence-electron chi connectivity index (χ0n) is 14.5. The smallest absolute Gasteiger partial charge is 0.410 e. The number of nitrogens with one attached hydrogen (secondary N) is 1. The van der Waals surface area contributed by atoms with Crippen molar-refractivity contribution in [2.45, 2.75) is 32.9 Å². The van der Waals surface area contributed by atoms with Gasteiger partial charge in [0.2, 0.25) is 0 Å². The lowest BCUT2D eigenvalue weighted by molar-refractivity contribution is 0.0300. The predicted octanol–water partition coefficient (Wildman–Crippen LogP) is 2.09. The van der Waals surface area contributed by atoms with E-state index in [1.54, 1.807) is 31.4 Å². The number of carbonyl (C=O) groups excluding carboxylic acids is 2. The van der Waals surface area contributed by atoms with Crippen LogP contribution < -0.4 is 5.32 Å². The molecule has 1 aromatic heterocycles. The third-order valence-corrected chi connectivity index (χ3v) is 2.94. The highest BCUT2D eigenvalue weighted by Gasteiger charge is 2.19. The number of carbonyl (C=O) groups is 2. The molecule has 1 N–H and O–H groups in total. The summed E-state index contributed by atoms with van der Waals surface area (Å²) in [5.74, 6) is 0. The minimum absolute atomic E-state index is 0.195. The third kappa shape index (κ3) is 7.49. The van der Waals surface area contributed by atoms with Gasteiger partial charge in [0, 0.05) is 46.1 Å². The van der Waals surface area contributed by atoms with Crippen LogP contribution in [0.3, 0.4) is 0 Å². The highest BCUT2D eigenvalue weighted by atomic mass is 16.6. The largest absolute Gasteiger partial charge is 0.444 e. The van der Waals surface area contributed by atoms with Crippen molar-refractivity contribution in [3.63, 3.8) is 0 Å². The van der Waals surface area contributed by atoms with Gasteiger partial charge in [-0.3, -0.25) is 4.98 Å². The van der Waals surface area contributed by atoms with E-state index in [9.17, 15) is 9.59 Å². The lowest BCUT2D eigenvalue weighted by Crippen LogP contribution is -2.42. The van der Waals surface area contributed by atoms with Crippen molar-refractivity contribution in [2.24, 2.45) is 0 Å². The van der Waals surface area contributed by atoms with Gasteiger partial charge in [-0.2, -0.15) is 0 Å². The first kappa shape index (κ1) is 18.7. The Morgan fingerprint density at radius 1 is 1.17 bits per heavy atom. The molecule has 7 heteroatoms. The summed E-state index contributed by atoms with van der Waals surface area (Å²) in [5, 5.41) is 2.77. The SMILES string of the molecule is CN(Cc1ccncc1)C(=O)NCCN(C)C(=O)OC(C)(C)C. The van der Waals surface area contributed by atoms with Crippen LogP contribution in [0.4, 0.5) is 9.59 Å². The zero-order chi connectivity index (χ0) is 17.5. The molecule has 128 valence electrons. The van der Waals surface area contributed by atoms with Crippen molar-refractivity contribution >= 4 is 12.1 Å². The summed E-state index contributed by atoms with van der Waals surface area (Å²) in [5.41, 5.74) is 0.475. The second-order valence-corrected chi connectivity index (χ2v) is 6.35. The topological polar surface area (TPSA) is 74.8 Å². The van der Waals surface area contributed by atoms with E-state index in [-0.39, 0.29) is 6.03 Å². The van der Waals surface area contributed by atoms with E-state index in [0.29, 0.717) is 19.6 Å². The van der Waals surface area contributed by atoms with Gasteiger partial charge in [0.25, 0.3) is 0 Å². The maximum absolute atomic E-state index is 12.0. The molecule has 0 radical (unpaired) electrons. The van der Waals surface area contributed by atoms with E-state index >= 15 is 0 Å². The lowest BCUT2D eigenvalue weighted by Gasteiger charge is -2.25. The second-order valence-electron chi connectivity index (χ2n) is 6.35. The Balaban J connectivity index is 2.31. The Bertz CT molecular complexity index is 514. The summed E-state index contributed by atoms with van der Waals surface area (Å²) in [6.45, 7) is 6.67. The van der Waals surface area contributed by atoms with Crippen LogP contribution >= 0.6 is 0 Å². The number of pyridine rings is 1. The maximum atomic E-state index is 12.0. The number of hydrogen-bond donors (Lipinski definition) is 1. The molecule has 0 aliphatic carbocycles. The standard InChI is InChI=1S/C16H26N4O3/c1-16(2,3)23-15(22)19(4)11-10-18-14(21)20(5)12-13-6-8-17-9-7-13/h6-9H,10-12H2,1-5H3,(H,18,21). The summed E-state index contributed by atoms with van der Waals surface area (Å²) in [6.07, 6.45) is 2.98. The Hall–Kier alpha value is -2.31. The zero-order valence-corrected chi connectivity index (χ0v) is 14.5. The molecule has 3 amide bonds. The van der Waals surface area contributed by atoms with Gasteiger partial charge in [-0.15, -0.1) is 0 Å². The van der Waals surface area contributed by atoms with Crippen molar-refractivity contribution in [2.75, 3.05) is 27.2 Å². The summed E-state index contributed by atoms with van der Waals surface area (Å²) < 4.78 is 5.24. The average Bonchev–Trinajstić information content (AvgIpc) is 2.46. The summed E-state index contributed by atoms with van der Waals surface area (Å²) in [4.78, 5) is 30.7. The molecule has 1 heterocycles. The van der Waals surface area contributed by atoms with Gasteiger partial charge in [-0.1, -0.05) is 0 Å². The van der Waals surface area contributed by atoms with E-state index < -0.39 is 11.7 Å². The first-order chi connectivity index (χ1) is 10.7. The molecule has 0 saturated carbocycles. The van der Waals surface area contributed by atoms with Crippen LogP contribution in [0.5, 0.6) is 0 Å². The van der Waals surface area contributed by atoms with Crippen molar-refractivity contribution in [1.82, 2.24) is 20.1 Å². The molecular weight excluding hydrogens is 296 g/mol. The highest BCUT2D eigenvalue weighted by molar-refractivity contribution is 5.74. The second kappa shape index (κ2) is 8.36. The van der Waals surface area contributed by atoms with E-state index in [0.717, 1.165) is 5.56 Å². The van der Waals surface area contributed by atoms with Crippen LogP contribution in [0.1, 0.15) is 26.3 Å². The molecule has 0 aliphatic heterocycles. The predicted molar refractivity (Wildman–Crippen MR) is 88.0 cm³/mol. The van der Waals surface area contributed by atoms with Crippen LogP contribution in [0, 0.1) is 0 Å². The number of urea groups is 1. The maximum Gasteiger partial charge on any atom is 0.410 e. The molecule has 23 heavy (non-hydrogen) atoms. The van der Waals surface area contributed by atoms with Crippen molar-refractivity contribution in [3.05, 3.63) is 30.1 Å². The highest BCUT2D eigenvalue weighted by Crippen LogP contribution is 2.08. The number of amides is 3. The van der Waals surface area contributed by atoms with E-state index in [4.69, 9.17) is 4.74 Å². The molecule has 1 rings (SSSR count). The fraction of sp³-hybridized carbons (Fsp3) is 0.562. The molecular formula is C16H26N4O3. The first-order valence-corrected chi connectivity index (χ1v) is 7.51. The molecule has 0 fully saturated rings. The van der Waals surface area contributed by atoms with Crippen LogP contribution in [0.2, 0.25) is 0 Å². The molecule has 0 saturated heterocycles. The molecule has 1 aromatic rings. The first-order valence-electron chi connectivity index (χ1n) is 7.51. The number of aromatic nitrogens is 1. The van der Waals surface area contributed by atoms with Crippen molar-refractivity contribution in [3.8, 4) is 0 Å². The molecule has 0 atom stereocenters. The normalized spacial score (nSPS) is 10.8. The van der Waals surface area contributed by atoms with Crippen LogP contribution in [0.15, 0.2) is 24.5 Å². The molecule has 0 bridgehead atoms. The fourth-order valence-electron chi connectivity index (χ4n) is 1.73. The summed E-state index contributed by atoms with van der Waals surface area (Å²) >= 11 is 0. The van der Waals surface area contributed by atoms with Crippen LogP contribution in [0.25, 0.3) is 0 Å². The Labute approximate surface area is 137 Å². The van der Waals surface area contributed by atoms with Gasteiger partial charge in [0.15, 0.2) is 0 Å². The van der Waals surface area contributed by atoms with Gasteiger partial charge in [-0.05, 0) is 38.5 Å². The van der Waals surface area contributed by atoms with E-state index in [1.165, 1.54) is 4.90 Å². The van der Waals surface area contributed by atoms with Gasteiger partial charge >= 0.3 is 12.1 Å². The number of nitrogens with zero attached hydrogens (tertiary/aromatic N) is 3. The monoisotopic (exact) mass is 322 g/mol. The van der Waals surface area contributed by atoms with Crippen LogP contribution in [-0.4, -0.2) is 59.7 Å². The Morgan fingerprint density at radius 2 is 1.78 bits per heavy atom. The minimum atomic E-state index is -0.528. The molecule has 0 aliphatic rings. The molecule has 0 unspecified atom stereocenters. The quantitative estimate of drug-likeness (QED) is 0.901. The third-order valence-electron chi connectivity index (χ3n) is 2.94. The molecule has 7 nitrogen and oxygen atoms in total. The minimum Gasteiger partial charge on any atom is -0.444 e. The van der Waals surface area contributed by atoms with E-state index in [1.807, 2.05) is 32.9 Å². The fourth-order valence-corrected chi connectivity index (χ4v) is 1.73. The number of likely N-dealkylation sites (N-methyl/N-ethyl adjacent to an activating group) is 1. The van der Waals surface area contributed by atoms with Gasteiger partial charge in [0.05, 0.1) is 0 Å². The average molecular weight is 322 g/mol. The van der Waals surface area contributed by atoms with Gasteiger partial charge in [-0.25, -0.2) is 9.59 Å². The summed E-state index contributed by atoms with van der Waals surface area (Å²) in [7, 11) is 3.36. The number of hydrogen-bond acceptors (Lipinski definition) is 4. The molecule has 0 spiro atoms. The number of ether oxygens (including phenoxy) is 1. The Morgan fingerprint density at radius 3 is 2.35 bits per heavy atom. The number of rotatable bonds is 5. The van der Waals surface area contributed by atoms with Gasteiger partial charge in [0.1, 0.15) is 5.60 Å². The van der Waals surface area contributed by atoms with Gasteiger partial charge < -0.3 is 19.9 Å². The van der Waals surface area contributed by atoms with Crippen LogP contribution in [-0.2, 0) is 11.3 Å².